The summed E-state index contributed by atoms with van der Waals surface area (Å²) in [6, 6.07) is 11.3. The number of ether oxygens (including phenoxy) is 1. The maximum absolute atomic E-state index is 6.17. The Kier molecular flexibility index (Phi) is 7.63. The average molecular weight is 414 g/mol. The lowest BCUT2D eigenvalue weighted by Gasteiger charge is -2.36. The number of rotatable bonds is 6. The molecule has 0 amide bonds. The van der Waals surface area contributed by atoms with Gasteiger partial charge in [-0.25, -0.2) is 0 Å². The van der Waals surface area contributed by atoms with E-state index in [1.807, 2.05) is 0 Å². The topological polar surface area (TPSA) is 43.3 Å². The maximum Gasteiger partial charge on any atom is 0.194 e. The predicted octanol–water partition coefficient (Wildman–Crippen LogP) is 2.27. The molecule has 3 fully saturated rings. The molecule has 0 saturated carbocycles. The Morgan fingerprint density at radius 1 is 1.13 bits per heavy atom. The molecule has 2 atom stereocenters. The largest absolute Gasteiger partial charge is 0.373 e. The summed E-state index contributed by atoms with van der Waals surface area (Å²) >= 11 is 0. The van der Waals surface area contributed by atoms with Gasteiger partial charge in [-0.05, 0) is 57.8 Å². The monoisotopic (exact) mass is 413 g/mol. The van der Waals surface area contributed by atoms with E-state index in [9.17, 15) is 0 Å². The average Bonchev–Trinajstić information content (AvgIpc) is 3.21. The summed E-state index contributed by atoms with van der Waals surface area (Å²) in [7, 11) is 2.23. The smallest absolute Gasteiger partial charge is 0.194 e. The van der Waals surface area contributed by atoms with Gasteiger partial charge in [0.2, 0.25) is 0 Å². The van der Waals surface area contributed by atoms with Crippen LogP contribution in [0.25, 0.3) is 0 Å². The van der Waals surface area contributed by atoms with E-state index in [-0.39, 0.29) is 6.10 Å². The van der Waals surface area contributed by atoms with Crippen LogP contribution in [-0.4, -0.2) is 92.3 Å². The van der Waals surface area contributed by atoms with Gasteiger partial charge in [0.05, 0.1) is 18.8 Å². The highest BCUT2D eigenvalue weighted by atomic mass is 16.5. The van der Waals surface area contributed by atoms with Crippen LogP contribution in [0.5, 0.6) is 0 Å². The molecular formula is C24H39N5O. The Morgan fingerprint density at radius 3 is 2.70 bits per heavy atom. The molecule has 0 radical (unpaired) electrons. The third-order valence-corrected chi connectivity index (χ3v) is 6.92. The standard InChI is InChI=1S/C24H39N5O/c1-3-25-24(26-12-9-20-10-13-27(2)14-11-20)29-18-22-23(19-29)30-16-15-28(22)17-21-7-5-4-6-8-21/h4-8,20,22-23H,3,9-19H2,1-2H3,(H,25,26). The molecule has 3 saturated heterocycles. The molecule has 30 heavy (non-hydrogen) atoms. The van der Waals surface area contributed by atoms with Crippen molar-refractivity contribution in [2.75, 3.05) is 59.5 Å². The third kappa shape index (κ3) is 5.54. The molecule has 1 aromatic rings. The second-order valence-electron chi connectivity index (χ2n) is 9.11. The molecule has 1 N–H and O–H groups in total. The SMILES string of the molecule is CCNC(=NCCC1CCN(C)CC1)N1CC2OCCN(Cc3ccccc3)C2C1. The van der Waals surface area contributed by atoms with Gasteiger partial charge in [0.1, 0.15) is 0 Å². The summed E-state index contributed by atoms with van der Waals surface area (Å²) in [6.45, 7) is 11.2. The molecule has 166 valence electrons. The highest BCUT2D eigenvalue weighted by molar-refractivity contribution is 5.80. The number of likely N-dealkylation sites (tertiary alicyclic amines) is 2. The molecule has 4 rings (SSSR count). The summed E-state index contributed by atoms with van der Waals surface area (Å²) in [6.07, 6.45) is 4.12. The van der Waals surface area contributed by atoms with Crippen LogP contribution >= 0.6 is 0 Å². The summed E-state index contributed by atoms with van der Waals surface area (Å²) in [5.74, 6) is 1.90. The fourth-order valence-electron chi connectivity index (χ4n) is 5.08. The Balaban J connectivity index is 1.34. The maximum atomic E-state index is 6.17. The van der Waals surface area contributed by atoms with Gasteiger partial charge in [0, 0.05) is 39.3 Å². The number of benzene rings is 1. The lowest BCUT2D eigenvalue weighted by molar-refractivity contribution is -0.0502. The second kappa shape index (κ2) is 10.6. The highest BCUT2D eigenvalue weighted by Crippen LogP contribution is 2.25. The minimum Gasteiger partial charge on any atom is -0.373 e. The zero-order valence-electron chi connectivity index (χ0n) is 18.8. The van der Waals surface area contributed by atoms with E-state index >= 15 is 0 Å². The van der Waals surface area contributed by atoms with Gasteiger partial charge in [-0.15, -0.1) is 0 Å². The Morgan fingerprint density at radius 2 is 1.93 bits per heavy atom. The van der Waals surface area contributed by atoms with Gasteiger partial charge in [0.15, 0.2) is 5.96 Å². The van der Waals surface area contributed by atoms with Gasteiger partial charge in [-0.2, -0.15) is 0 Å². The quantitative estimate of drug-likeness (QED) is 0.573. The number of guanidine groups is 1. The Bertz CT molecular complexity index is 673. The van der Waals surface area contributed by atoms with E-state index in [2.05, 4.69) is 64.3 Å². The first-order valence-corrected chi connectivity index (χ1v) is 11.8. The summed E-state index contributed by atoms with van der Waals surface area (Å²) in [4.78, 5) is 12.5. The first kappa shape index (κ1) is 21.6. The van der Waals surface area contributed by atoms with E-state index in [1.165, 1.54) is 37.9 Å². The number of hydrogen-bond donors (Lipinski definition) is 1. The van der Waals surface area contributed by atoms with Gasteiger partial charge >= 0.3 is 0 Å². The van der Waals surface area contributed by atoms with Crippen LogP contribution in [0.3, 0.4) is 0 Å². The summed E-state index contributed by atoms with van der Waals surface area (Å²) < 4.78 is 6.17. The van der Waals surface area contributed by atoms with Crippen LogP contribution < -0.4 is 5.32 Å². The molecule has 0 spiro atoms. The highest BCUT2D eigenvalue weighted by Gasteiger charge is 2.41. The summed E-state index contributed by atoms with van der Waals surface area (Å²) in [5, 5.41) is 3.54. The second-order valence-corrected chi connectivity index (χ2v) is 9.11. The number of fused-ring (bicyclic) bond motifs is 1. The van der Waals surface area contributed by atoms with E-state index in [0.717, 1.165) is 57.8 Å². The van der Waals surface area contributed by atoms with E-state index in [1.54, 1.807) is 0 Å². The van der Waals surface area contributed by atoms with Crippen molar-refractivity contribution >= 4 is 5.96 Å². The molecule has 0 bridgehead atoms. The van der Waals surface area contributed by atoms with Gasteiger partial charge in [-0.3, -0.25) is 9.89 Å². The summed E-state index contributed by atoms with van der Waals surface area (Å²) in [5.41, 5.74) is 1.38. The van der Waals surface area contributed by atoms with Crippen LogP contribution in [-0.2, 0) is 11.3 Å². The number of hydrogen-bond acceptors (Lipinski definition) is 4. The van der Waals surface area contributed by atoms with Gasteiger partial charge in [0.25, 0.3) is 0 Å². The predicted molar refractivity (Wildman–Crippen MR) is 123 cm³/mol. The third-order valence-electron chi connectivity index (χ3n) is 6.92. The molecule has 2 unspecified atom stereocenters. The van der Waals surface area contributed by atoms with Crippen molar-refractivity contribution in [3.63, 3.8) is 0 Å². The lowest BCUT2D eigenvalue weighted by atomic mass is 9.94. The van der Waals surface area contributed by atoms with Crippen LogP contribution in [0.1, 0.15) is 31.7 Å². The van der Waals surface area contributed by atoms with E-state index in [0.29, 0.717) is 6.04 Å². The van der Waals surface area contributed by atoms with Crippen LogP contribution in [0.2, 0.25) is 0 Å². The van der Waals surface area contributed by atoms with Crippen molar-refractivity contribution in [1.82, 2.24) is 20.0 Å². The van der Waals surface area contributed by atoms with Crippen molar-refractivity contribution in [3.05, 3.63) is 35.9 Å². The van der Waals surface area contributed by atoms with Crippen molar-refractivity contribution in [3.8, 4) is 0 Å². The number of nitrogens with zero attached hydrogens (tertiary/aromatic N) is 4. The van der Waals surface area contributed by atoms with Crippen molar-refractivity contribution < 1.29 is 4.74 Å². The number of aliphatic imine (C=N–C) groups is 1. The molecular weight excluding hydrogens is 374 g/mol. The molecule has 6 heteroatoms. The van der Waals surface area contributed by atoms with Crippen LogP contribution in [0.15, 0.2) is 35.3 Å². The first-order valence-electron chi connectivity index (χ1n) is 11.8. The fourth-order valence-corrected chi connectivity index (χ4v) is 5.08. The molecule has 3 heterocycles. The number of morpholine rings is 1. The lowest BCUT2D eigenvalue weighted by Crippen LogP contribution is -2.50. The number of nitrogens with one attached hydrogen (secondary N) is 1. The molecule has 3 aliphatic rings. The normalized spacial score (nSPS) is 26.7. The van der Waals surface area contributed by atoms with Crippen LogP contribution in [0.4, 0.5) is 0 Å². The Hall–Kier alpha value is -1.63. The number of piperidine rings is 1. The molecule has 0 aromatic heterocycles. The first-order chi connectivity index (χ1) is 14.7. The van der Waals surface area contributed by atoms with Gasteiger partial charge in [-0.1, -0.05) is 30.3 Å². The fraction of sp³-hybridized carbons (Fsp3) is 0.708. The molecule has 0 aliphatic carbocycles. The van der Waals surface area contributed by atoms with Crippen molar-refractivity contribution in [2.45, 2.75) is 44.9 Å². The molecule has 1 aromatic carbocycles. The van der Waals surface area contributed by atoms with E-state index < -0.39 is 0 Å². The van der Waals surface area contributed by atoms with Crippen molar-refractivity contribution in [2.24, 2.45) is 10.9 Å². The van der Waals surface area contributed by atoms with Gasteiger partial charge < -0.3 is 19.9 Å². The van der Waals surface area contributed by atoms with E-state index in [4.69, 9.17) is 9.73 Å². The Labute approximate surface area is 182 Å². The van der Waals surface area contributed by atoms with Crippen molar-refractivity contribution in [1.29, 1.82) is 0 Å². The molecule has 6 nitrogen and oxygen atoms in total. The zero-order chi connectivity index (χ0) is 20.8. The molecule has 3 aliphatic heterocycles. The zero-order valence-corrected chi connectivity index (χ0v) is 18.8. The minimum atomic E-state index is 0.278. The van der Waals surface area contributed by atoms with Crippen LogP contribution in [0, 0.1) is 5.92 Å². The minimum absolute atomic E-state index is 0.278.